The molecule has 2 atom stereocenters. The molecule has 2 aliphatic heterocycles. The molecule has 2 heterocycles. The Morgan fingerprint density at radius 3 is 3.00 bits per heavy atom. The minimum atomic E-state index is 0.0786. The van der Waals surface area contributed by atoms with Crippen molar-refractivity contribution < 1.29 is 9.47 Å². The van der Waals surface area contributed by atoms with Crippen molar-refractivity contribution in [1.29, 1.82) is 0 Å². The third kappa shape index (κ3) is 1.56. The monoisotopic (exact) mass is 269 g/mol. The molecule has 1 saturated heterocycles. The van der Waals surface area contributed by atoms with Crippen molar-refractivity contribution in [1.82, 2.24) is 4.90 Å². The van der Waals surface area contributed by atoms with Gasteiger partial charge in [-0.3, -0.25) is 4.90 Å². The van der Waals surface area contributed by atoms with E-state index in [4.69, 9.17) is 9.47 Å². The van der Waals surface area contributed by atoms with E-state index in [-0.39, 0.29) is 5.41 Å². The van der Waals surface area contributed by atoms with Crippen LogP contribution in [0.4, 0.5) is 0 Å². The van der Waals surface area contributed by atoms with Gasteiger partial charge in [-0.2, -0.15) is 0 Å². The van der Waals surface area contributed by atoms with Gasteiger partial charge in [-0.25, -0.2) is 0 Å². The first kappa shape index (κ1) is 12.0. The Labute approximate surface area is 119 Å². The molecule has 3 nitrogen and oxygen atoms in total. The maximum absolute atomic E-state index is 5.55. The summed E-state index contributed by atoms with van der Waals surface area (Å²) in [6, 6.07) is 6.83. The zero-order valence-corrected chi connectivity index (χ0v) is 11.9. The molecule has 1 aromatic carbocycles. The largest absolute Gasteiger partial charge is 0.454 e. The second-order valence-electron chi connectivity index (χ2n) is 6.03. The Hall–Kier alpha value is -1.74. The highest BCUT2D eigenvalue weighted by Crippen LogP contribution is 2.46. The van der Waals surface area contributed by atoms with Crippen LogP contribution in [0.2, 0.25) is 0 Å². The van der Waals surface area contributed by atoms with Crippen molar-refractivity contribution in [2.45, 2.75) is 24.8 Å². The van der Waals surface area contributed by atoms with Gasteiger partial charge >= 0.3 is 0 Å². The molecule has 0 radical (unpaired) electrons. The summed E-state index contributed by atoms with van der Waals surface area (Å²) in [4.78, 5) is 2.44. The summed E-state index contributed by atoms with van der Waals surface area (Å²) < 4.78 is 11.0. The molecule has 0 aromatic heterocycles. The van der Waals surface area contributed by atoms with Gasteiger partial charge in [0.1, 0.15) is 0 Å². The first-order valence-corrected chi connectivity index (χ1v) is 7.17. The van der Waals surface area contributed by atoms with Crippen molar-refractivity contribution in [2.24, 2.45) is 0 Å². The number of rotatable bonds is 1. The van der Waals surface area contributed by atoms with E-state index in [2.05, 4.69) is 49.2 Å². The van der Waals surface area contributed by atoms with Crippen molar-refractivity contribution in [3.8, 4) is 11.5 Å². The molecule has 1 fully saturated rings. The number of benzene rings is 1. The molecule has 1 aromatic rings. The van der Waals surface area contributed by atoms with Gasteiger partial charge in [-0.1, -0.05) is 29.9 Å². The molecule has 20 heavy (non-hydrogen) atoms. The highest BCUT2D eigenvalue weighted by atomic mass is 16.7. The number of likely N-dealkylation sites (tertiary alicyclic amines) is 1. The molecular formula is C17H19NO2. The van der Waals surface area contributed by atoms with E-state index in [0.717, 1.165) is 24.5 Å². The van der Waals surface area contributed by atoms with Crippen LogP contribution in [-0.2, 0) is 5.41 Å². The summed E-state index contributed by atoms with van der Waals surface area (Å²) in [5, 5.41) is 0. The van der Waals surface area contributed by atoms with Crippen LogP contribution in [-0.4, -0.2) is 31.3 Å². The molecule has 3 heteroatoms. The summed E-state index contributed by atoms with van der Waals surface area (Å²) in [6.45, 7) is 3.63. The predicted molar refractivity (Wildman–Crippen MR) is 78.2 cm³/mol. The normalized spacial score (nSPS) is 31.3. The van der Waals surface area contributed by atoms with E-state index >= 15 is 0 Å². The third-order valence-electron chi connectivity index (χ3n) is 4.86. The second-order valence-corrected chi connectivity index (χ2v) is 6.03. The van der Waals surface area contributed by atoms with Crippen molar-refractivity contribution in [3.05, 3.63) is 47.6 Å². The number of fused-ring (bicyclic) bond motifs is 2. The van der Waals surface area contributed by atoms with E-state index in [0.29, 0.717) is 12.8 Å². The van der Waals surface area contributed by atoms with Crippen LogP contribution >= 0.6 is 0 Å². The number of likely N-dealkylation sites (N-methyl/N-ethyl adjacent to an activating group) is 1. The highest BCUT2D eigenvalue weighted by Gasteiger charge is 2.45. The number of hydrogen-bond acceptors (Lipinski definition) is 3. The number of allylic oxidation sites excluding steroid dienone is 2. The van der Waals surface area contributed by atoms with Crippen LogP contribution in [0.5, 0.6) is 11.5 Å². The molecule has 0 spiro atoms. The number of hydrogen-bond donors (Lipinski definition) is 0. The van der Waals surface area contributed by atoms with E-state index in [1.807, 2.05) is 6.07 Å². The van der Waals surface area contributed by atoms with Gasteiger partial charge in [0.15, 0.2) is 11.5 Å². The van der Waals surface area contributed by atoms with Crippen LogP contribution in [0.3, 0.4) is 0 Å². The molecule has 3 aliphatic rings. The van der Waals surface area contributed by atoms with Crippen LogP contribution in [0.15, 0.2) is 42.0 Å². The van der Waals surface area contributed by atoms with E-state index in [9.17, 15) is 0 Å². The topological polar surface area (TPSA) is 21.7 Å². The smallest absolute Gasteiger partial charge is 0.231 e. The fraction of sp³-hybridized carbons (Fsp3) is 0.412. The predicted octanol–water partition coefficient (Wildman–Crippen LogP) is 2.87. The lowest BCUT2D eigenvalue weighted by atomic mass is 9.71. The lowest BCUT2D eigenvalue weighted by Crippen LogP contribution is -2.39. The average Bonchev–Trinajstić information content (AvgIpc) is 3.04. The fourth-order valence-electron chi connectivity index (χ4n) is 3.68. The number of ether oxygens (including phenoxy) is 2. The van der Waals surface area contributed by atoms with Gasteiger partial charge in [0.2, 0.25) is 6.79 Å². The molecule has 104 valence electrons. The van der Waals surface area contributed by atoms with Crippen LogP contribution in [0, 0.1) is 0 Å². The van der Waals surface area contributed by atoms with Crippen LogP contribution in [0.1, 0.15) is 18.9 Å². The molecule has 0 bridgehead atoms. The number of nitrogens with zero attached hydrogens (tertiary/aromatic N) is 1. The van der Waals surface area contributed by atoms with E-state index < -0.39 is 0 Å². The fourth-order valence-corrected chi connectivity index (χ4v) is 3.68. The maximum atomic E-state index is 5.55. The Balaban J connectivity index is 1.82. The molecule has 4 rings (SSSR count). The Bertz CT molecular complexity index is 619. The van der Waals surface area contributed by atoms with Crippen LogP contribution < -0.4 is 9.47 Å². The SMILES string of the molecule is CC1=C[C@@H]2N(C)CC[C@]2(c2ccc3c(c2)OCO3)C=C1. The third-order valence-corrected chi connectivity index (χ3v) is 4.86. The van der Waals surface area contributed by atoms with Crippen molar-refractivity contribution in [3.63, 3.8) is 0 Å². The molecule has 0 amide bonds. The summed E-state index contributed by atoms with van der Waals surface area (Å²) in [5.41, 5.74) is 2.76. The Morgan fingerprint density at radius 1 is 1.25 bits per heavy atom. The van der Waals surface area contributed by atoms with Gasteiger partial charge < -0.3 is 9.47 Å². The minimum Gasteiger partial charge on any atom is -0.454 e. The van der Waals surface area contributed by atoms with Gasteiger partial charge in [0.05, 0.1) is 0 Å². The Kier molecular flexibility index (Phi) is 2.48. The van der Waals surface area contributed by atoms with Gasteiger partial charge in [-0.15, -0.1) is 0 Å². The highest BCUT2D eigenvalue weighted by molar-refractivity contribution is 5.51. The summed E-state index contributed by atoms with van der Waals surface area (Å²) >= 11 is 0. The molecule has 0 unspecified atom stereocenters. The molecule has 0 N–H and O–H groups in total. The first-order chi connectivity index (χ1) is 9.69. The van der Waals surface area contributed by atoms with Crippen molar-refractivity contribution in [2.75, 3.05) is 20.4 Å². The van der Waals surface area contributed by atoms with Crippen LogP contribution in [0.25, 0.3) is 0 Å². The Morgan fingerprint density at radius 2 is 2.10 bits per heavy atom. The summed E-state index contributed by atoms with van der Waals surface area (Å²) in [6.07, 6.45) is 8.17. The van der Waals surface area contributed by atoms with Gasteiger partial charge in [0, 0.05) is 11.5 Å². The molecular weight excluding hydrogens is 250 g/mol. The zero-order chi connectivity index (χ0) is 13.7. The standard InChI is InChI=1S/C17H19NO2/c1-12-5-6-17(7-8-18(2)16(17)9-12)13-3-4-14-15(10-13)20-11-19-14/h3-6,9-10,16H,7-8,11H2,1-2H3/t16-,17-/m0/s1. The zero-order valence-electron chi connectivity index (χ0n) is 11.9. The average molecular weight is 269 g/mol. The quantitative estimate of drug-likeness (QED) is 0.782. The van der Waals surface area contributed by atoms with Gasteiger partial charge in [-0.05, 0) is 44.6 Å². The maximum Gasteiger partial charge on any atom is 0.231 e. The molecule has 0 saturated carbocycles. The lowest BCUT2D eigenvalue weighted by Gasteiger charge is -2.36. The van der Waals surface area contributed by atoms with Crippen molar-refractivity contribution >= 4 is 0 Å². The summed E-state index contributed by atoms with van der Waals surface area (Å²) in [7, 11) is 2.21. The van der Waals surface area contributed by atoms with E-state index in [1.54, 1.807) is 0 Å². The second kappa shape index (κ2) is 4.13. The first-order valence-electron chi connectivity index (χ1n) is 7.17. The minimum absolute atomic E-state index is 0.0786. The van der Waals surface area contributed by atoms with Gasteiger partial charge in [0.25, 0.3) is 0 Å². The molecule has 1 aliphatic carbocycles. The lowest BCUT2D eigenvalue weighted by molar-refractivity contribution is 0.174. The van der Waals surface area contributed by atoms with E-state index in [1.165, 1.54) is 11.1 Å². The summed E-state index contributed by atoms with van der Waals surface area (Å²) in [5.74, 6) is 1.74.